The number of carbonyl (C=O) groups is 2. The third kappa shape index (κ3) is 6.48. The number of piperidine rings is 1. The molecule has 0 bridgehead atoms. The van der Waals surface area contributed by atoms with Gasteiger partial charge >= 0.3 is 0 Å². The molecule has 2 aromatic rings. The summed E-state index contributed by atoms with van der Waals surface area (Å²) in [4.78, 5) is 24.8. The summed E-state index contributed by atoms with van der Waals surface area (Å²) in [6, 6.07) is 10.8. The molecule has 1 aliphatic rings. The smallest absolute Gasteiger partial charge is 0.258 e. The minimum Gasteiger partial charge on any atom is -0.493 e. The van der Waals surface area contributed by atoms with E-state index in [1.807, 2.05) is 13.8 Å². The fourth-order valence-corrected chi connectivity index (χ4v) is 5.19. The van der Waals surface area contributed by atoms with Gasteiger partial charge in [0, 0.05) is 30.4 Å². The second-order valence-corrected chi connectivity index (χ2v) is 10.3. The van der Waals surface area contributed by atoms with Crippen molar-refractivity contribution in [1.29, 1.82) is 0 Å². The van der Waals surface area contributed by atoms with Crippen molar-refractivity contribution in [3.63, 3.8) is 0 Å². The summed E-state index contributed by atoms with van der Waals surface area (Å²) in [5.41, 5.74) is 0.660. The van der Waals surface area contributed by atoms with Crippen molar-refractivity contribution < 1.29 is 27.5 Å². The number of rotatable bonds is 9. The van der Waals surface area contributed by atoms with Gasteiger partial charge in [0.2, 0.25) is 10.0 Å². The van der Waals surface area contributed by atoms with Crippen LogP contribution in [0.4, 0.5) is 5.69 Å². The highest BCUT2D eigenvalue weighted by atomic mass is 32.2. The number of sulfonamides is 1. The molecule has 0 aromatic heterocycles. The van der Waals surface area contributed by atoms with Gasteiger partial charge < -0.3 is 20.1 Å². The molecule has 2 aromatic carbocycles. The highest BCUT2D eigenvalue weighted by molar-refractivity contribution is 7.89. The normalized spacial score (nSPS) is 14.5. The molecule has 0 aliphatic carbocycles. The summed E-state index contributed by atoms with van der Waals surface area (Å²) in [5.74, 6) is -0.0767. The van der Waals surface area contributed by atoms with E-state index in [2.05, 4.69) is 10.6 Å². The Morgan fingerprint density at radius 2 is 1.76 bits per heavy atom. The first-order valence-electron chi connectivity index (χ1n) is 11.2. The van der Waals surface area contributed by atoms with E-state index in [-0.39, 0.29) is 23.5 Å². The quantitative estimate of drug-likeness (QED) is 0.560. The lowest BCUT2D eigenvalue weighted by atomic mass is 10.2. The van der Waals surface area contributed by atoms with Crippen molar-refractivity contribution in [2.24, 2.45) is 0 Å². The number of nitrogens with one attached hydrogen (secondary N) is 2. The minimum atomic E-state index is -3.61. The number of hydrogen-bond donors (Lipinski definition) is 2. The third-order valence-electron chi connectivity index (χ3n) is 5.28. The monoisotopic (exact) mass is 489 g/mol. The first kappa shape index (κ1) is 25.5. The second kappa shape index (κ2) is 11.3. The Bertz CT molecular complexity index is 1130. The average Bonchev–Trinajstić information content (AvgIpc) is 2.83. The van der Waals surface area contributed by atoms with Gasteiger partial charge in [0.15, 0.2) is 18.1 Å². The van der Waals surface area contributed by atoms with Crippen LogP contribution in [-0.4, -0.2) is 57.4 Å². The van der Waals surface area contributed by atoms with Crippen LogP contribution >= 0.6 is 0 Å². The highest BCUT2D eigenvalue weighted by Gasteiger charge is 2.26. The molecular formula is C24H31N3O6S. The van der Waals surface area contributed by atoms with Crippen LogP contribution in [0.1, 0.15) is 43.5 Å². The van der Waals surface area contributed by atoms with Crippen LogP contribution in [0.5, 0.6) is 11.5 Å². The summed E-state index contributed by atoms with van der Waals surface area (Å²) in [6.45, 7) is 4.53. The molecule has 9 nitrogen and oxygen atoms in total. The van der Waals surface area contributed by atoms with Crippen LogP contribution in [0, 0.1) is 0 Å². The van der Waals surface area contributed by atoms with E-state index >= 15 is 0 Å². The molecule has 1 heterocycles. The average molecular weight is 490 g/mol. The predicted molar refractivity (Wildman–Crippen MR) is 129 cm³/mol. The van der Waals surface area contributed by atoms with Gasteiger partial charge in [0.05, 0.1) is 12.0 Å². The second-order valence-electron chi connectivity index (χ2n) is 8.32. The lowest BCUT2D eigenvalue weighted by Gasteiger charge is -2.26. The molecule has 1 aliphatic heterocycles. The number of amides is 2. The number of anilines is 1. The van der Waals surface area contributed by atoms with Crippen molar-refractivity contribution in [3.05, 3.63) is 48.0 Å². The molecule has 0 radical (unpaired) electrons. The predicted octanol–water partition coefficient (Wildman–Crippen LogP) is 3.03. The Balaban J connectivity index is 1.70. The zero-order valence-electron chi connectivity index (χ0n) is 19.7. The van der Waals surface area contributed by atoms with Crippen LogP contribution in [0.25, 0.3) is 0 Å². The number of ether oxygens (including phenoxy) is 2. The molecule has 0 saturated carbocycles. The van der Waals surface area contributed by atoms with E-state index in [0.29, 0.717) is 35.8 Å². The van der Waals surface area contributed by atoms with E-state index in [1.165, 1.54) is 29.6 Å². The van der Waals surface area contributed by atoms with Gasteiger partial charge in [-0.3, -0.25) is 9.59 Å². The minimum absolute atomic E-state index is 0.00240. The molecule has 0 spiro atoms. The number of benzene rings is 2. The number of carbonyl (C=O) groups excluding carboxylic acids is 2. The fourth-order valence-electron chi connectivity index (χ4n) is 3.63. The molecule has 3 rings (SSSR count). The maximum absolute atomic E-state index is 12.9. The summed E-state index contributed by atoms with van der Waals surface area (Å²) in [6.07, 6.45) is 2.72. The molecule has 184 valence electrons. The Morgan fingerprint density at radius 3 is 2.44 bits per heavy atom. The molecule has 0 atom stereocenters. The molecule has 0 unspecified atom stereocenters. The highest BCUT2D eigenvalue weighted by Crippen LogP contribution is 2.29. The van der Waals surface area contributed by atoms with Gasteiger partial charge in [-0.25, -0.2) is 8.42 Å². The lowest BCUT2D eigenvalue weighted by molar-refractivity contribution is -0.123. The van der Waals surface area contributed by atoms with Crippen LogP contribution in [0.2, 0.25) is 0 Å². The van der Waals surface area contributed by atoms with Gasteiger partial charge in [-0.2, -0.15) is 4.31 Å². The molecule has 1 fully saturated rings. The van der Waals surface area contributed by atoms with Gasteiger partial charge in [-0.1, -0.05) is 12.5 Å². The topological polar surface area (TPSA) is 114 Å². The van der Waals surface area contributed by atoms with Crippen molar-refractivity contribution in [2.75, 3.05) is 32.1 Å². The van der Waals surface area contributed by atoms with Gasteiger partial charge in [0.1, 0.15) is 0 Å². The zero-order chi connectivity index (χ0) is 24.7. The molecule has 1 saturated heterocycles. The van der Waals surface area contributed by atoms with Crippen LogP contribution in [0.3, 0.4) is 0 Å². The van der Waals surface area contributed by atoms with E-state index in [9.17, 15) is 18.0 Å². The fraction of sp³-hybridized carbons (Fsp3) is 0.417. The van der Waals surface area contributed by atoms with Gasteiger partial charge in [-0.05, 0) is 63.1 Å². The summed E-state index contributed by atoms with van der Waals surface area (Å²) in [5, 5.41) is 5.46. The first-order valence-corrected chi connectivity index (χ1v) is 12.7. The standard InChI is InChI=1S/C24H31N3O6S/c1-17(2)25-23(28)16-33-21-11-10-18(14-22(21)32-3)24(29)26-19-8-7-9-20(15-19)34(30,31)27-12-5-4-6-13-27/h7-11,14-15,17H,4-6,12-13,16H2,1-3H3,(H,25,28)(H,26,29). The van der Waals surface area contributed by atoms with E-state index < -0.39 is 15.9 Å². The Morgan fingerprint density at radius 1 is 1.03 bits per heavy atom. The van der Waals surface area contributed by atoms with Gasteiger partial charge in [0.25, 0.3) is 11.8 Å². The SMILES string of the molecule is COc1cc(C(=O)Nc2cccc(S(=O)(=O)N3CCCCC3)c2)ccc1OCC(=O)NC(C)C. The Labute approximate surface area is 200 Å². The maximum atomic E-state index is 12.9. The summed E-state index contributed by atoms with van der Waals surface area (Å²) < 4.78 is 38.2. The number of methoxy groups -OCH3 is 1. The molecule has 2 amide bonds. The Kier molecular flexibility index (Phi) is 8.51. The van der Waals surface area contributed by atoms with E-state index in [4.69, 9.17) is 9.47 Å². The third-order valence-corrected chi connectivity index (χ3v) is 7.17. The molecule has 34 heavy (non-hydrogen) atoms. The maximum Gasteiger partial charge on any atom is 0.258 e. The molecule has 2 N–H and O–H groups in total. The van der Waals surface area contributed by atoms with Crippen molar-refractivity contribution in [2.45, 2.75) is 44.0 Å². The summed E-state index contributed by atoms with van der Waals surface area (Å²) >= 11 is 0. The summed E-state index contributed by atoms with van der Waals surface area (Å²) in [7, 11) is -2.17. The first-order chi connectivity index (χ1) is 16.2. The number of hydrogen-bond acceptors (Lipinski definition) is 6. The van der Waals surface area contributed by atoms with Crippen LogP contribution in [0.15, 0.2) is 47.4 Å². The van der Waals surface area contributed by atoms with Crippen molar-refractivity contribution in [3.8, 4) is 11.5 Å². The molecular weight excluding hydrogens is 458 g/mol. The largest absolute Gasteiger partial charge is 0.493 e. The molecule has 10 heteroatoms. The Hall–Kier alpha value is -3.11. The van der Waals surface area contributed by atoms with E-state index in [0.717, 1.165) is 19.3 Å². The van der Waals surface area contributed by atoms with Gasteiger partial charge in [-0.15, -0.1) is 0 Å². The van der Waals surface area contributed by atoms with Crippen LogP contribution < -0.4 is 20.1 Å². The zero-order valence-corrected chi connectivity index (χ0v) is 20.5. The van der Waals surface area contributed by atoms with Crippen molar-refractivity contribution >= 4 is 27.5 Å². The van der Waals surface area contributed by atoms with E-state index in [1.54, 1.807) is 24.3 Å². The lowest BCUT2D eigenvalue weighted by Crippen LogP contribution is -2.35. The van der Waals surface area contributed by atoms with Crippen LogP contribution in [-0.2, 0) is 14.8 Å². The number of nitrogens with zero attached hydrogens (tertiary/aromatic N) is 1. The van der Waals surface area contributed by atoms with Crippen molar-refractivity contribution in [1.82, 2.24) is 9.62 Å².